The first-order valence-electron chi connectivity index (χ1n) is 11.4. The maximum Gasteiger partial charge on any atom is 0.0498 e. The quantitative estimate of drug-likeness (QED) is 0.414. The molecule has 31 heavy (non-hydrogen) atoms. The molecule has 3 aromatic rings. The summed E-state index contributed by atoms with van der Waals surface area (Å²) in [5.74, 6) is 0. The summed E-state index contributed by atoms with van der Waals surface area (Å²) in [4.78, 5) is 2.40. The minimum atomic E-state index is 0.0472. The fourth-order valence-electron chi connectivity index (χ4n) is 3.95. The molecule has 0 amide bonds. The van der Waals surface area contributed by atoms with Crippen LogP contribution in [0.15, 0.2) is 72.8 Å². The first-order chi connectivity index (χ1) is 14.3. The van der Waals surface area contributed by atoms with E-state index >= 15 is 0 Å². The van der Waals surface area contributed by atoms with Crippen molar-refractivity contribution < 1.29 is 0 Å². The van der Waals surface area contributed by atoms with Crippen molar-refractivity contribution in [2.24, 2.45) is 0 Å². The molecule has 0 bridgehead atoms. The van der Waals surface area contributed by atoms with Crippen molar-refractivity contribution in [1.29, 1.82) is 0 Å². The van der Waals surface area contributed by atoms with Crippen molar-refractivity contribution in [2.75, 3.05) is 4.90 Å². The Hall–Kier alpha value is -2.54. The Labute approximate surface area is 190 Å². The standard InChI is InChI=1S/C30H39N/c1-28(2,3)22-14-18-24(19-15-22)31(25-20-16-23(17-21-25)29(4,5)6)27-13-11-10-12-26(27)30(7,8)9/h10-21H,1-9H3. The van der Waals surface area contributed by atoms with Crippen LogP contribution < -0.4 is 4.90 Å². The van der Waals surface area contributed by atoms with E-state index in [0.29, 0.717) is 0 Å². The molecular weight excluding hydrogens is 374 g/mol. The van der Waals surface area contributed by atoms with Gasteiger partial charge in [0, 0.05) is 17.1 Å². The fourth-order valence-corrected chi connectivity index (χ4v) is 3.95. The third-order valence-corrected chi connectivity index (χ3v) is 5.94. The van der Waals surface area contributed by atoms with Crippen molar-refractivity contribution in [2.45, 2.75) is 78.6 Å². The van der Waals surface area contributed by atoms with E-state index in [2.05, 4.69) is 140 Å². The topological polar surface area (TPSA) is 3.24 Å². The van der Waals surface area contributed by atoms with Crippen LogP contribution in [0.3, 0.4) is 0 Å². The zero-order valence-electron chi connectivity index (χ0n) is 20.9. The molecule has 0 fully saturated rings. The lowest BCUT2D eigenvalue weighted by Gasteiger charge is -2.32. The van der Waals surface area contributed by atoms with E-state index in [1.807, 2.05) is 0 Å². The SMILES string of the molecule is CC(C)(C)c1ccc(N(c2ccc(C(C)(C)C)cc2)c2ccccc2C(C)(C)C)cc1. The summed E-state index contributed by atoms with van der Waals surface area (Å²) < 4.78 is 0. The van der Waals surface area contributed by atoms with Gasteiger partial charge in [-0.1, -0.05) is 105 Å². The van der Waals surface area contributed by atoms with Gasteiger partial charge in [-0.05, 0) is 63.3 Å². The normalized spacial score (nSPS) is 12.7. The molecule has 0 spiro atoms. The number of hydrogen-bond donors (Lipinski definition) is 0. The third kappa shape index (κ3) is 5.21. The van der Waals surface area contributed by atoms with Gasteiger partial charge in [0.2, 0.25) is 0 Å². The molecule has 0 aliphatic carbocycles. The number of para-hydroxylation sites is 1. The number of benzene rings is 3. The van der Waals surface area contributed by atoms with E-state index in [9.17, 15) is 0 Å². The average Bonchev–Trinajstić information content (AvgIpc) is 2.67. The van der Waals surface area contributed by atoms with Gasteiger partial charge in [0.25, 0.3) is 0 Å². The molecule has 0 saturated carbocycles. The van der Waals surface area contributed by atoms with Gasteiger partial charge in [-0.3, -0.25) is 0 Å². The number of nitrogens with zero attached hydrogens (tertiary/aromatic N) is 1. The van der Waals surface area contributed by atoms with Gasteiger partial charge < -0.3 is 4.90 Å². The summed E-state index contributed by atoms with van der Waals surface area (Å²) in [6.07, 6.45) is 0. The van der Waals surface area contributed by atoms with Gasteiger partial charge in [-0.2, -0.15) is 0 Å². The Morgan fingerprint density at radius 2 is 0.839 bits per heavy atom. The molecule has 0 aliphatic heterocycles. The van der Waals surface area contributed by atoms with Crippen LogP contribution in [0.5, 0.6) is 0 Å². The van der Waals surface area contributed by atoms with Crippen molar-refractivity contribution in [3.8, 4) is 0 Å². The van der Waals surface area contributed by atoms with E-state index in [-0.39, 0.29) is 16.2 Å². The van der Waals surface area contributed by atoms with Gasteiger partial charge in [-0.15, -0.1) is 0 Å². The van der Waals surface area contributed by atoms with Gasteiger partial charge in [0.1, 0.15) is 0 Å². The largest absolute Gasteiger partial charge is 0.310 e. The Kier molecular flexibility index (Phi) is 6.11. The highest BCUT2D eigenvalue weighted by molar-refractivity contribution is 5.79. The van der Waals surface area contributed by atoms with Crippen LogP contribution in [0.2, 0.25) is 0 Å². The molecule has 1 heteroatoms. The predicted octanol–water partition coefficient (Wildman–Crippen LogP) is 9.05. The van der Waals surface area contributed by atoms with Crippen LogP contribution in [-0.2, 0) is 16.2 Å². The fraction of sp³-hybridized carbons (Fsp3) is 0.400. The van der Waals surface area contributed by atoms with Crippen LogP contribution in [-0.4, -0.2) is 0 Å². The van der Waals surface area contributed by atoms with Crippen molar-refractivity contribution in [3.05, 3.63) is 89.5 Å². The van der Waals surface area contributed by atoms with E-state index in [1.54, 1.807) is 0 Å². The monoisotopic (exact) mass is 413 g/mol. The summed E-state index contributed by atoms with van der Waals surface area (Å²) in [7, 11) is 0. The zero-order valence-corrected chi connectivity index (χ0v) is 20.9. The summed E-state index contributed by atoms with van der Waals surface area (Å²) >= 11 is 0. The lowest BCUT2D eigenvalue weighted by atomic mass is 9.84. The first-order valence-corrected chi connectivity index (χ1v) is 11.4. The second-order valence-electron chi connectivity index (χ2n) is 11.7. The molecule has 0 saturated heterocycles. The molecule has 0 N–H and O–H groups in total. The maximum absolute atomic E-state index is 2.40. The van der Waals surface area contributed by atoms with E-state index in [0.717, 1.165) is 0 Å². The maximum atomic E-state index is 2.40. The molecule has 3 rings (SSSR count). The Bertz CT molecular complexity index is 947. The summed E-state index contributed by atoms with van der Waals surface area (Å²) in [5, 5.41) is 0. The number of rotatable bonds is 3. The number of anilines is 3. The zero-order chi connectivity index (χ0) is 23.0. The van der Waals surface area contributed by atoms with Gasteiger partial charge in [0.05, 0.1) is 0 Å². The Balaban J connectivity index is 2.19. The Morgan fingerprint density at radius 1 is 0.452 bits per heavy atom. The Morgan fingerprint density at radius 3 is 1.19 bits per heavy atom. The van der Waals surface area contributed by atoms with Crippen LogP contribution >= 0.6 is 0 Å². The van der Waals surface area contributed by atoms with Crippen LogP contribution in [0, 0.1) is 0 Å². The molecule has 0 atom stereocenters. The molecule has 0 aromatic heterocycles. The lowest BCUT2D eigenvalue weighted by Crippen LogP contribution is -2.19. The molecule has 0 heterocycles. The smallest absolute Gasteiger partial charge is 0.0498 e. The molecule has 164 valence electrons. The molecule has 0 unspecified atom stereocenters. The second kappa shape index (κ2) is 8.19. The average molecular weight is 414 g/mol. The minimum absolute atomic E-state index is 0.0472. The number of hydrogen-bond acceptors (Lipinski definition) is 1. The summed E-state index contributed by atoms with van der Waals surface area (Å²) in [5.41, 5.74) is 7.98. The van der Waals surface area contributed by atoms with E-state index in [4.69, 9.17) is 0 Å². The highest BCUT2D eigenvalue weighted by atomic mass is 15.1. The van der Waals surface area contributed by atoms with E-state index < -0.39 is 0 Å². The van der Waals surface area contributed by atoms with Crippen LogP contribution in [0.4, 0.5) is 17.1 Å². The van der Waals surface area contributed by atoms with Crippen LogP contribution in [0.1, 0.15) is 79.0 Å². The van der Waals surface area contributed by atoms with Gasteiger partial charge in [-0.25, -0.2) is 0 Å². The molecule has 0 aliphatic rings. The van der Waals surface area contributed by atoms with Crippen molar-refractivity contribution in [1.82, 2.24) is 0 Å². The van der Waals surface area contributed by atoms with Crippen LogP contribution in [0.25, 0.3) is 0 Å². The second-order valence-corrected chi connectivity index (χ2v) is 11.7. The molecular formula is C30H39N. The summed E-state index contributed by atoms with van der Waals surface area (Å²) in [6, 6.07) is 26.9. The van der Waals surface area contributed by atoms with E-state index in [1.165, 1.54) is 33.8 Å². The first kappa shape index (κ1) is 23.1. The summed E-state index contributed by atoms with van der Waals surface area (Å²) in [6.45, 7) is 20.4. The molecule has 1 nitrogen and oxygen atoms in total. The van der Waals surface area contributed by atoms with Crippen molar-refractivity contribution in [3.63, 3.8) is 0 Å². The van der Waals surface area contributed by atoms with Gasteiger partial charge in [0.15, 0.2) is 0 Å². The van der Waals surface area contributed by atoms with Crippen molar-refractivity contribution >= 4 is 17.1 Å². The molecule has 0 radical (unpaired) electrons. The highest BCUT2D eigenvalue weighted by Crippen LogP contribution is 2.41. The minimum Gasteiger partial charge on any atom is -0.310 e. The predicted molar refractivity (Wildman–Crippen MR) is 137 cm³/mol. The highest BCUT2D eigenvalue weighted by Gasteiger charge is 2.24. The third-order valence-electron chi connectivity index (χ3n) is 5.94. The molecule has 3 aromatic carbocycles. The lowest BCUT2D eigenvalue weighted by molar-refractivity contribution is 0.590. The van der Waals surface area contributed by atoms with Gasteiger partial charge >= 0.3 is 0 Å².